The Morgan fingerprint density at radius 3 is 2.79 bits per heavy atom. The lowest BCUT2D eigenvalue weighted by Crippen LogP contribution is -2.27. The van der Waals surface area contributed by atoms with Crippen molar-refractivity contribution in [2.75, 3.05) is 18.0 Å². The lowest BCUT2D eigenvalue weighted by Gasteiger charge is -2.17. The van der Waals surface area contributed by atoms with Crippen molar-refractivity contribution in [3.63, 3.8) is 0 Å². The molecule has 1 aromatic carbocycles. The molecule has 1 aliphatic heterocycles. The molecule has 3 aromatic rings. The Balaban J connectivity index is 1.73. The van der Waals surface area contributed by atoms with Gasteiger partial charge in [0.05, 0.1) is 16.1 Å². The van der Waals surface area contributed by atoms with Gasteiger partial charge < -0.3 is 10.6 Å². The van der Waals surface area contributed by atoms with Gasteiger partial charge in [0.1, 0.15) is 12.1 Å². The molecule has 7 heteroatoms. The molecule has 5 nitrogen and oxygen atoms in total. The Labute approximate surface area is 148 Å². The Kier molecular flexibility index (Phi) is 3.86. The maximum atomic E-state index is 11.4. The highest BCUT2D eigenvalue weighted by atomic mass is 35.5. The van der Waals surface area contributed by atoms with Gasteiger partial charge in [0, 0.05) is 23.0 Å². The van der Waals surface area contributed by atoms with E-state index in [2.05, 4.69) is 20.9 Å². The summed E-state index contributed by atoms with van der Waals surface area (Å²) in [5.41, 5.74) is 7.45. The molecule has 0 unspecified atom stereocenters. The molecule has 1 amide bonds. The number of aromatic nitrogens is 2. The summed E-state index contributed by atoms with van der Waals surface area (Å²) in [7, 11) is 0. The largest absolute Gasteiger partial charge is 0.369 e. The second-order valence-corrected chi connectivity index (χ2v) is 7.35. The maximum Gasteiger partial charge on any atom is 0.222 e. The molecule has 1 aliphatic rings. The highest BCUT2D eigenvalue weighted by Crippen LogP contribution is 2.38. The molecule has 24 heavy (non-hydrogen) atoms. The fourth-order valence-electron chi connectivity index (χ4n) is 3.01. The maximum absolute atomic E-state index is 11.4. The van der Waals surface area contributed by atoms with Gasteiger partial charge in [0.2, 0.25) is 5.91 Å². The van der Waals surface area contributed by atoms with Crippen LogP contribution < -0.4 is 10.6 Å². The van der Waals surface area contributed by atoms with Crippen LogP contribution in [0.25, 0.3) is 20.7 Å². The normalized spacial score (nSPS) is 17.5. The Morgan fingerprint density at radius 2 is 2.08 bits per heavy atom. The standard InChI is InChI=1S/C17H15ClN4OS/c18-12-3-1-10(2-4-12)14-7-13-15(24-14)17(21-9-20-13)22-6-5-11(8-22)16(19)23/h1-4,7,9,11H,5-6,8H2,(H2,19,23)/t11-/m1/s1. The van der Waals surface area contributed by atoms with E-state index >= 15 is 0 Å². The second-order valence-electron chi connectivity index (χ2n) is 5.86. The number of anilines is 1. The topological polar surface area (TPSA) is 72.1 Å². The summed E-state index contributed by atoms with van der Waals surface area (Å²) in [6.45, 7) is 1.41. The van der Waals surface area contributed by atoms with Crippen molar-refractivity contribution in [3.8, 4) is 10.4 Å². The van der Waals surface area contributed by atoms with Gasteiger partial charge in [-0.2, -0.15) is 0 Å². The molecule has 0 saturated carbocycles. The molecule has 2 aromatic heterocycles. The first-order valence-corrected chi connectivity index (χ1v) is 8.86. The number of fused-ring (bicyclic) bond motifs is 1. The van der Waals surface area contributed by atoms with Gasteiger partial charge in [-0.25, -0.2) is 9.97 Å². The van der Waals surface area contributed by atoms with Crippen LogP contribution in [0.15, 0.2) is 36.7 Å². The van der Waals surface area contributed by atoms with Crippen molar-refractivity contribution in [2.45, 2.75) is 6.42 Å². The summed E-state index contributed by atoms with van der Waals surface area (Å²) in [4.78, 5) is 23.5. The number of hydrogen-bond acceptors (Lipinski definition) is 5. The van der Waals surface area contributed by atoms with Crippen LogP contribution >= 0.6 is 22.9 Å². The number of carbonyl (C=O) groups excluding carboxylic acids is 1. The average molecular weight is 359 g/mol. The fourth-order valence-corrected chi connectivity index (χ4v) is 4.27. The molecule has 0 bridgehead atoms. The number of primary amides is 1. The SMILES string of the molecule is NC(=O)[C@@H]1CCN(c2ncnc3cc(-c4ccc(Cl)cc4)sc23)C1. The fraction of sp³-hybridized carbons (Fsp3) is 0.235. The molecule has 4 rings (SSSR count). The van der Waals surface area contributed by atoms with E-state index < -0.39 is 0 Å². The Hall–Kier alpha value is -2.18. The van der Waals surface area contributed by atoms with Crippen molar-refractivity contribution in [2.24, 2.45) is 11.7 Å². The zero-order chi connectivity index (χ0) is 16.7. The summed E-state index contributed by atoms with van der Waals surface area (Å²) in [6, 6.07) is 9.83. The third kappa shape index (κ3) is 2.72. The number of halogens is 1. The number of carbonyl (C=O) groups is 1. The predicted octanol–water partition coefficient (Wildman–Crippen LogP) is 3.32. The van der Waals surface area contributed by atoms with Gasteiger partial charge in [-0.1, -0.05) is 23.7 Å². The van der Waals surface area contributed by atoms with Gasteiger partial charge in [0.25, 0.3) is 0 Å². The van der Waals surface area contributed by atoms with Gasteiger partial charge in [-0.3, -0.25) is 4.79 Å². The van der Waals surface area contributed by atoms with Crippen molar-refractivity contribution in [3.05, 3.63) is 41.7 Å². The van der Waals surface area contributed by atoms with Crippen LogP contribution in [-0.2, 0) is 4.79 Å². The van der Waals surface area contributed by atoms with Crippen LogP contribution in [0.2, 0.25) is 5.02 Å². The Morgan fingerprint density at radius 1 is 1.29 bits per heavy atom. The summed E-state index contributed by atoms with van der Waals surface area (Å²) in [5, 5.41) is 0.718. The van der Waals surface area contributed by atoms with Crippen LogP contribution in [0, 0.1) is 5.92 Å². The second kappa shape index (κ2) is 6.03. The number of benzene rings is 1. The molecule has 0 radical (unpaired) electrons. The number of rotatable bonds is 3. The van der Waals surface area contributed by atoms with E-state index in [4.69, 9.17) is 17.3 Å². The molecule has 0 spiro atoms. The lowest BCUT2D eigenvalue weighted by atomic mass is 10.1. The minimum Gasteiger partial charge on any atom is -0.369 e. The molecule has 1 saturated heterocycles. The predicted molar refractivity (Wildman–Crippen MR) is 97.4 cm³/mol. The quantitative estimate of drug-likeness (QED) is 0.779. The van der Waals surface area contributed by atoms with Crippen molar-refractivity contribution in [1.29, 1.82) is 0 Å². The van der Waals surface area contributed by atoms with E-state index in [0.29, 0.717) is 6.54 Å². The van der Waals surface area contributed by atoms with E-state index in [1.165, 1.54) is 0 Å². The molecule has 2 N–H and O–H groups in total. The van der Waals surface area contributed by atoms with E-state index in [1.54, 1.807) is 17.7 Å². The van der Waals surface area contributed by atoms with Gasteiger partial charge in [-0.05, 0) is 30.2 Å². The molecule has 122 valence electrons. The Bertz CT molecular complexity index is 909. The molecule has 1 atom stereocenters. The molecular weight excluding hydrogens is 344 g/mol. The molecule has 3 heterocycles. The molecule has 0 aliphatic carbocycles. The highest BCUT2D eigenvalue weighted by molar-refractivity contribution is 7.22. The van der Waals surface area contributed by atoms with Crippen LogP contribution in [0.4, 0.5) is 5.82 Å². The van der Waals surface area contributed by atoms with Gasteiger partial charge in [-0.15, -0.1) is 11.3 Å². The number of amides is 1. The first kappa shape index (κ1) is 15.4. The van der Waals surface area contributed by atoms with Crippen molar-refractivity contribution < 1.29 is 4.79 Å². The van der Waals surface area contributed by atoms with Gasteiger partial charge in [0.15, 0.2) is 0 Å². The highest BCUT2D eigenvalue weighted by Gasteiger charge is 2.28. The average Bonchev–Trinajstić information content (AvgIpc) is 3.22. The van der Waals surface area contributed by atoms with Gasteiger partial charge >= 0.3 is 0 Å². The summed E-state index contributed by atoms with van der Waals surface area (Å²) < 4.78 is 1.03. The number of nitrogens with zero attached hydrogens (tertiary/aromatic N) is 3. The van der Waals surface area contributed by atoms with E-state index in [-0.39, 0.29) is 11.8 Å². The third-order valence-corrected chi connectivity index (χ3v) is 5.73. The first-order chi connectivity index (χ1) is 11.6. The van der Waals surface area contributed by atoms with E-state index in [0.717, 1.165) is 44.5 Å². The summed E-state index contributed by atoms with van der Waals surface area (Å²) >= 11 is 7.62. The van der Waals surface area contributed by atoms with Crippen LogP contribution in [0.5, 0.6) is 0 Å². The van der Waals surface area contributed by atoms with E-state index in [9.17, 15) is 4.79 Å². The zero-order valence-electron chi connectivity index (χ0n) is 12.8. The third-order valence-electron chi connectivity index (χ3n) is 4.31. The molecular formula is C17H15ClN4OS. The van der Waals surface area contributed by atoms with Crippen molar-refractivity contribution in [1.82, 2.24) is 9.97 Å². The van der Waals surface area contributed by atoms with Crippen molar-refractivity contribution >= 4 is 44.9 Å². The van der Waals surface area contributed by atoms with Crippen LogP contribution in [-0.4, -0.2) is 29.0 Å². The summed E-state index contributed by atoms with van der Waals surface area (Å²) in [5.74, 6) is 0.538. The first-order valence-electron chi connectivity index (χ1n) is 7.66. The summed E-state index contributed by atoms with van der Waals surface area (Å²) in [6.07, 6.45) is 2.35. The number of hydrogen-bond donors (Lipinski definition) is 1. The number of thiophene rings is 1. The minimum absolute atomic E-state index is 0.106. The molecule has 1 fully saturated rings. The minimum atomic E-state index is -0.240. The zero-order valence-corrected chi connectivity index (χ0v) is 14.3. The van der Waals surface area contributed by atoms with Crippen LogP contribution in [0.1, 0.15) is 6.42 Å². The lowest BCUT2D eigenvalue weighted by molar-refractivity contribution is -0.121. The number of nitrogens with two attached hydrogens (primary N) is 1. The smallest absolute Gasteiger partial charge is 0.222 e. The monoisotopic (exact) mass is 358 g/mol. The van der Waals surface area contributed by atoms with E-state index in [1.807, 2.05) is 24.3 Å². The van der Waals surface area contributed by atoms with Crippen LogP contribution in [0.3, 0.4) is 0 Å².